The van der Waals surface area contributed by atoms with Crippen LogP contribution in [0.15, 0.2) is 46.2 Å². The van der Waals surface area contributed by atoms with E-state index in [1.165, 1.54) is 11.3 Å². The number of rotatable bonds is 4. The first-order valence-electron chi connectivity index (χ1n) is 9.72. The summed E-state index contributed by atoms with van der Waals surface area (Å²) in [6.07, 6.45) is 6.31. The molecule has 0 atom stereocenters. The monoisotopic (exact) mass is 427 g/mol. The van der Waals surface area contributed by atoms with E-state index in [0.717, 1.165) is 48.6 Å². The van der Waals surface area contributed by atoms with Crippen LogP contribution in [0.5, 0.6) is 0 Å². The maximum absolute atomic E-state index is 13.1. The second-order valence-electron chi connectivity index (χ2n) is 7.25. The van der Waals surface area contributed by atoms with E-state index in [9.17, 15) is 8.42 Å². The first-order valence-corrected chi connectivity index (χ1v) is 12.0. The summed E-state index contributed by atoms with van der Waals surface area (Å²) in [5.41, 5.74) is 2.82. The standard InChI is InChI=1S/C20H21N5O2S2/c26-29(27,18-4-3-13-28-18)25-12-7-17-16(14-25)20(24-10-1-2-11-24)23-19(22-17)15-5-8-21-9-6-15/h3-6,8-9,13H,1-2,7,10-12,14H2. The van der Waals surface area contributed by atoms with E-state index in [4.69, 9.17) is 9.97 Å². The molecule has 0 spiro atoms. The van der Waals surface area contributed by atoms with Crippen LogP contribution in [0.3, 0.4) is 0 Å². The predicted molar refractivity (Wildman–Crippen MR) is 112 cm³/mol. The van der Waals surface area contributed by atoms with Crippen LogP contribution in [-0.2, 0) is 23.0 Å². The van der Waals surface area contributed by atoms with Crippen LogP contribution < -0.4 is 4.90 Å². The highest BCUT2D eigenvalue weighted by atomic mass is 32.2. The van der Waals surface area contributed by atoms with Crippen LogP contribution in [0.2, 0.25) is 0 Å². The van der Waals surface area contributed by atoms with E-state index < -0.39 is 10.0 Å². The Morgan fingerprint density at radius 3 is 2.52 bits per heavy atom. The van der Waals surface area contributed by atoms with E-state index in [0.29, 0.717) is 29.5 Å². The van der Waals surface area contributed by atoms with Crippen molar-refractivity contribution in [2.45, 2.75) is 30.0 Å². The molecule has 0 N–H and O–H groups in total. The molecular weight excluding hydrogens is 406 g/mol. The number of anilines is 1. The molecule has 0 aromatic carbocycles. The summed E-state index contributed by atoms with van der Waals surface area (Å²) >= 11 is 1.26. The van der Waals surface area contributed by atoms with Gasteiger partial charge in [-0.1, -0.05) is 6.07 Å². The quantitative estimate of drug-likeness (QED) is 0.637. The minimum absolute atomic E-state index is 0.317. The van der Waals surface area contributed by atoms with Crippen LogP contribution in [0.4, 0.5) is 5.82 Å². The predicted octanol–water partition coefficient (Wildman–Crippen LogP) is 2.95. The molecule has 7 nitrogen and oxygen atoms in total. The van der Waals surface area contributed by atoms with E-state index in [-0.39, 0.29) is 0 Å². The maximum Gasteiger partial charge on any atom is 0.252 e. The highest BCUT2D eigenvalue weighted by Gasteiger charge is 2.33. The van der Waals surface area contributed by atoms with E-state index >= 15 is 0 Å². The van der Waals surface area contributed by atoms with Gasteiger partial charge in [-0.2, -0.15) is 4.31 Å². The van der Waals surface area contributed by atoms with Crippen molar-refractivity contribution >= 4 is 27.2 Å². The van der Waals surface area contributed by atoms with Gasteiger partial charge in [0, 0.05) is 56.1 Å². The number of hydrogen-bond donors (Lipinski definition) is 0. The summed E-state index contributed by atoms with van der Waals surface area (Å²) < 4.78 is 28.1. The Labute approximate surface area is 174 Å². The van der Waals surface area contributed by atoms with Gasteiger partial charge in [0.2, 0.25) is 0 Å². The molecule has 0 bridgehead atoms. The van der Waals surface area contributed by atoms with Crippen molar-refractivity contribution < 1.29 is 8.42 Å². The van der Waals surface area contributed by atoms with Crippen molar-refractivity contribution in [2.75, 3.05) is 24.5 Å². The average Bonchev–Trinajstić information content (AvgIpc) is 3.47. The van der Waals surface area contributed by atoms with Crippen molar-refractivity contribution in [3.05, 3.63) is 53.3 Å². The zero-order valence-corrected chi connectivity index (χ0v) is 17.5. The van der Waals surface area contributed by atoms with Crippen molar-refractivity contribution in [2.24, 2.45) is 0 Å². The molecule has 150 valence electrons. The third-order valence-electron chi connectivity index (χ3n) is 5.44. The number of fused-ring (bicyclic) bond motifs is 1. The molecule has 1 saturated heterocycles. The molecular formula is C20H21N5O2S2. The molecule has 5 rings (SSSR count). The van der Waals surface area contributed by atoms with Gasteiger partial charge < -0.3 is 4.90 Å². The van der Waals surface area contributed by atoms with Gasteiger partial charge in [0.25, 0.3) is 10.0 Å². The number of thiophene rings is 1. The molecule has 5 heterocycles. The summed E-state index contributed by atoms with van der Waals surface area (Å²) in [6.45, 7) is 2.63. The SMILES string of the molecule is O=S(=O)(c1cccs1)N1CCc2nc(-c3ccncc3)nc(N3CCCC3)c2C1. The first-order chi connectivity index (χ1) is 14.1. The van der Waals surface area contributed by atoms with Crippen LogP contribution >= 0.6 is 11.3 Å². The first kappa shape index (κ1) is 18.7. The molecule has 29 heavy (non-hydrogen) atoms. The largest absolute Gasteiger partial charge is 0.356 e. The smallest absolute Gasteiger partial charge is 0.252 e. The molecule has 2 aliphatic heterocycles. The Bertz CT molecular complexity index is 1110. The van der Waals surface area contributed by atoms with Crippen molar-refractivity contribution in [1.82, 2.24) is 19.3 Å². The van der Waals surface area contributed by atoms with Crippen LogP contribution in [0.25, 0.3) is 11.4 Å². The summed E-state index contributed by atoms with van der Waals surface area (Å²) in [6, 6.07) is 7.26. The lowest BCUT2D eigenvalue weighted by molar-refractivity contribution is 0.388. The van der Waals surface area contributed by atoms with Gasteiger partial charge in [0.15, 0.2) is 5.82 Å². The molecule has 0 unspecified atom stereocenters. The molecule has 3 aromatic heterocycles. The Morgan fingerprint density at radius 1 is 1.00 bits per heavy atom. The van der Waals surface area contributed by atoms with Crippen molar-refractivity contribution in [3.8, 4) is 11.4 Å². The lowest BCUT2D eigenvalue weighted by Crippen LogP contribution is -2.37. The average molecular weight is 428 g/mol. The molecule has 0 radical (unpaired) electrons. The number of sulfonamides is 1. The van der Waals surface area contributed by atoms with Crippen molar-refractivity contribution in [1.29, 1.82) is 0 Å². The minimum Gasteiger partial charge on any atom is -0.356 e. The van der Waals surface area contributed by atoms with E-state index in [1.54, 1.807) is 34.2 Å². The molecule has 3 aromatic rings. The van der Waals surface area contributed by atoms with Gasteiger partial charge >= 0.3 is 0 Å². The summed E-state index contributed by atoms with van der Waals surface area (Å²) in [5.74, 6) is 1.56. The van der Waals surface area contributed by atoms with Gasteiger partial charge in [0.1, 0.15) is 10.0 Å². The van der Waals surface area contributed by atoms with Gasteiger partial charge in [-0.15, -0.1) is 11.3 Å². The molecule has 1 fully saturated rings. The Hall–Kier alpha value is -2.36. The van der Waals surface area contributed by atoms with Crippen LogP contribution in [0.1, 0.15) is 24.1 Å². The Balaban J connectivity index is 1.57. The molecule has 9 heteroatoms. The van der Waals surface area contributed by atoms with Gasteiger partial charge in [0.05, 0.1) is 5.69 Å². The fraction of sp³-hybridized carbons (Fsp3) is 0.350. The second kappa shape index (κ2) is 7.47. The van der Waals surface area contributed by atoms with E-state index in [2.05, 4.69) is 9.88 Å². The van der Waals surface area contributed by atoms with E-state index in [1.807, 2.05) is 12.1 Å². The highest BCUT2D eigenvalue weighted by Crippen LogP contribution is 2.33. The summed E-state index contributed by atoms with van der Waals surface area (Å²) in [4.78, 5) is 16.0. The Morgan fingerprint density at radius 2 is 1.79 bits per heavy atom. The number of aromatic nitrogens is 3. The van der Waals surface area contributed by atoms with Crippen LogP contribution in [0, 0.1) is 0 Å². The zero-order valence-electron chi connectivity index (χ0n) is 15.9. The zero-order chi connectivity index (χ0) is 19.8. The number of pyridine rings is 1. The maximum atomic E-state index is 13.1. The van der Waals surface area contributed by atoms with Gasteiger partial charge in [-0.25, -0.2) is 18.4 Å². The minimum atomic E-state index is -3.49. The Kier molecular flexibility index (Phi) is 4.81. The number of hydrogen-bond acceptors (Lipinski definition) is 7. The third kappa shape index (κ3) is 3.43. The highest BCUT2D eigenvalue weighted by molar-refractivity contribution is 7.91. The fourth-order valence-electron chi connectivity index (χ4n) is 3.94. The lowest BCUT2D eigenvalue weighted by Gasteiger charge is -2.31. The van der Waals surface area contributed by atoms with Crippen molar-refractivity contribution in [3.63, 3.8) is 0 Å². The topological polar surface area (TPSA) is 79.3 Å². The summed E-state index contributed by atoms with van der Waals surface area (Å²) in [5, 5.41) is 1.80. The lowest BCUT2D eigenvalue weighted by atomic mass is 10.1. The number of nitrogens with zero attached hydrogens (tertiary/aromatic N) is 5. The molecule has 2 aliphatic rings. The second-order valence-corrected chi connectivity index (χ2v) is 10.4. The fourth-order valence-corrected chi connectivity index (χ4v) is 6.49. The van der Waals surface area contributed by atoms with Gasteiger partial charge in [-0.05, 0) is 36.4 Å². The molecule has 0 saturated carbocycles. The molecule has 0 aliphatic carbocycles. The van der Waals surface area contributed by atoms with Gasteiger partial charge in [-0.3, -0.25) is 4.98 Å². The normalized spacial score (nSPS) is 17.4. The van der Waals surface area contributed by atoms with Crippen LogP contribution in [-0.4, -0.2) is 47.3 Å². The third-order valence-corrected chi connectivity index (χ3v) is 8.65. The summed E-state index contributed by atoms with van der Waals surface area (Å²) in [7, 11) is -3.49. The molecule has 0 amide bonds.